The lowest BCUT2D eigenvalue weighted by atomic mass is 10.1. The highest BCUT2D eigenvalue weighted by Crippen LogP contribution is 2.32. The number of carbonyl (C=O) groups is 2. The van der Waals surface area contributed by atoms with Gasteiger partial charge in [0, 0.05) is 18.3 Å². The van der Waals surface area contributed by atoms with E-state index in [2.05, 4.69) is 5.32 Å². The largest absolute Gasteiger partial charge is 0.494 e. The fourth-order valence-electron chi connectivity index (χ4n) is 3.44. The number of nitrogens with zero attached hydrogens (tertiary/aromatic N) is 1. The van der Waals surface area contributed by atoms with Crippen molar-refractivity contribution in [2.24, 2.45) is 5.92 Å². The van der Waals surface area contributed by atoms with E-state index < -0.39 is 5.92 Å². The number of carbonyl (C=O) groups excluding carboxylic acids is 2. The summed E-state index contributed by atoms with van der Waals surface area (Å²) >= 11 is 0. The van der Waals surface area contributed by atoms with Crippen molar-refractivity contribution in [3.63, 3.8) is 0 Å². The molecule has 1 atom stereocenters. The van der Waals surface area contributed by atoms with E-state index in [0.717, 1.165) is 11.3 Å². The second kappa shape index (κ2) is 8.99. The molecule has 0 radical (unpaired) electrons. The minimum absolute atomic E-state index is 0.176. The van der Waals surface area contributed by atoms with Gasteiger partial charge in [0.2, 0.25) is 11.8 Å². The van der Waals surface area contributed by atoms with E-state index in [1.165, 1.54) is 5.56 Å². The zero-order chi connectivity index (χ0) is 21.0. The van der Waals surface area contributed by atoms with Crippen molar-refractivity contribution in [1.29, 1.82) is 0 Å². The highest BCUT2D eigenvalue weighted by Gasteiger charge is 2.38. The van der Waals surface area contributed by atoms with Gasteiger partial charge in [0.05, 0.1) is 18.9 Å². The van der Waals surface area contributed by atoms with Gasteiger partial charge in [0.1, 0.15) is 17.4 Å². The van der Waals surface area contributed by atoms with Gasteiger partial charge < -0.3 is 19.7 Å². The average molecular weight is 396 g/mol. The number of rotatable bonds is 7. The van der Waals surface area contributed by atoms with Gasteiger partial charge >= 0.3 is 0 Å². The van der Waals surface area contributed by atoms with Gasteiger partial charge in [-0.1, -0.05) is 6.07 Å². The van der Waals surface area contributed by atoms with Crippen molar-refractivity contribution >= 4 is 23.2 Å². The fourth-order valence-corrected chi connectivity index (χ4v) is 3.44. The van der Waals surface area contributed by atoms with Crippen LogP contribution >= 0.6 is 0 Å². The molecule has 0 aromatic heterocycles. The van der Waals surface area contributed by atoms with Gasteiger partial charge in [0.15, 0.2) is 0 Å². The molecule has 3 rings (SSSR count). The Morgan fingerprint density at radius 1 is 1.07 bits per heavy atom. The maximum Gasteiger partial charge on any atom is 0.239 e. The quantitative estimate of drug-likeness (QED) is 0.716. The van der Waals surface area contributed by atoms with Crippen LogP contribution in [-0.4, -0.2) is 31.6 Å². The third kappa shape index (κ3) is 4.53. The lowest BCUT2D eigenvalue weighted by molar-refractivity contribution is -0.129. The van der Waals surface area contributed by atoms with Crippen molar-refractivity contribution in [3.8, 4) is 11.5 Å². The molecule has 1 heterocycles. The lowest BCUT2D eigenvalue weighted by Gasteiger charge is -2.18. The van der Waals surface area contributed by atoms with E-state index in [-0.39, 0.29) is 11.8 Å². The van der Waals surface area contributed by atoms with Crippen LogP contribution in [-0.2, 0) is 9.59 Å². The molecule has 2 aromatic rings. The third-order valence-corrected chi connectivity index (χ3v) is 5.14. The van der Waals surface area contributed by atoms with Crippen LogP contribution in [0, 0.1) is 19.8 Å². The molecule has 0 bridgehead atoms. The predicted molar refractivity (Wildman–Crippen MR) is 114 cm³/mol. The molecule has 6 heteroatoms. The predicted octanol–water partition coefficient (Wildman–Crippen LogP) is 4.09. The highest BCUT2D eigenvalue weighted by atomic mass is 16.5. The molecule has 0 spiro atoms. The molecule has 154 valence electrons. The highest BCUT2D eigenvalue weighted by molar-refractivity contribution is 6.13. The van der Waals surface area contributed by atoms with Crippen LogP contribution in [0.25, 0.3) is 0 Å². The van der Waals surface area contributed by atoms with Gasteiger partial charge in [-0.25, -0.2) is 0 Å². The number of anilines is 2. The van der Waals surface area contributed by atoms with Crippen LogP contribution < -0.4 is 19.7 Å². The number of nitrogens with one attached hydrogen (secondary N) is 1. The second-order valence-electron chi connectivity index (χ2n) is 7.11. The Balaban J connectivity index is 1.76. The topological polar surface area (TPSA) is 67.9 Å². The number of hydrogen-bond donors (Lipinski definition) is 1. The van der Waals surface area contributed by atoms with Crippen LogP contribution in [0.2, 0.25) is 0 Å². The van der Waals surface area contributed by atoms with Crippen molar-refractivity contribution in [3.05, 3.63) is 47.5 Å². The molecule has 0 saturated carbocycles. The Bertz CT molecular complexity index is 910. The van der Waals surface area contributed by atoms with Crippen LogP contribution in [0.3, 0.4) is 0 Å². The van der Waals surface area contributed by atoms with Gasteiger partial charge in [-0.15, -0.1) is 0 Å². The summed E-state index contributed by atoms with van der Waals surface area (Å²) in [5.41, 5.74) is 3.64. The van der Waals surface area contributed by atoms with Crippen LogP contribution in [0.4, 0.5) is 11.4 Å². The van der Waals surface area contributed by atoms with E-state index in [1.807, 2.05) is 45.9 Å². The zero-order valence-corrected chi connectivity index (χ0v) is 17.5. The van der Waals surface area contributed by atoms with Gasteiger partial charge in [-0.3, -0.25) is 9.59 Å². The van der Waals surface area contributed by atoms with Crippen molar-refractivity contribution in [2.45, 2.75) is 34.1 Å². The maximum atomic E-state index is 12.9. The lowest BCUT2D eigenvalue weighted by Crippen LogP contribution is -2.33. The number of aryl methyl sites for hydroxylation is 2. The molecular formula is C23H28N2O4. The van der Waals surface area contributed by atoms with Crippen LogP contribution in [0.5, 0.6) is 11.5 Å². The smallest absolute Gasteiger partial charge is 0.239 e. The Kier molecular flexibility index (Phi) is 6.42. The molecule has 1 unspecified atom stereocenters. The van der Waals surface area contributed by atoms with Crippen LogP contribution in [0.15, 0.2) is 36.4 Å². The van der Waals surface area contributed by atoms with Crippen molar-refractivity contribution < 1.29 is 19.1 Å². The van der Waals surface area contributed by atoms with Crippen molar-refractivity contribution in [2.75, 3.05) is 30.0 Å². The summed E-state index contributed by atoms with van der Waals surface area (Å²) in [7, 11) is 0. The molecule has 2 amide bonds. The minimum Gasteiger partial charge on any atom is -0.494 e. The summed E-state index contributed by atoms with van der Waals surface area (Å²) in [5.74, 6) is -0.0241. The summed E-state index contributed by atoms with van der Waals surface area (Å²) < 4.78 is 11.1. The Labute approximate surface area is 171 Å². The first-order valence-electron chi connectivity index (χ1n) is 10.0. The normalized spacial score (nSPS) is 16.1. The summed E-state index contributed by atoms with van der Waals surface area (Å²) in [6, 6.07) is 11.2. The average Bonchev–Trinajstić information content (AvgIpc) is 3.08. The Morgan fingerprint density at radius 2 is 1.83 bits per heavy atom. The number of amides is 2. The van der Waals surface area contributed by atoms with E-state index >= 15 is 0 Å². The molecule has 6 nitrogen and oxygen atoms in total. The Hall–Kier alpha value is -3.02. The molecular weight excluding hydrogens is 368 g/mol. The molecule has 1 aliphatic rings. The van der Waals surface area contributed by atoms with E-state index in [1.54, 1.807) is 23.1 Å². The van der Waals surface area contributed by atoms with Gasteiger partial charge in [-0.05, 0) is 69.5 Å². The first kappa shape index (κ1) is 20.7. The standard InChI is InChI=1S/C23H28N2O4/c1-5-28-18-9-10-21(29-6-2)20(14-18)24-22(26)19-11-12-25(23(19)27)17-8-7-15(3)16(4)13-17/h7-10,13-14,19H,5-6,11-12H2,1-4H3,(H,24,26). The summed E-state index contributed by atoms with van der Waals surface area (Å²) in [4.78, 5) is 27.5. The third-order valence-electron chi connectivity index (χ3n) is 5.14. The summed E-state index contributed by atoms with van der Waals surface area (Å²) in [6.07, 6.45) is 0.479. The zero-order valence-electron chi connectivity index (χ0n) is 17.5. The number of benzene rings is 2. The molecule has 1 fully saturated rings. The number of ether oxygens (including phenoxy) is 2. The van der Waals surface area contributed by atoms with E-state index in [4.69, 9.17) is 9.47 Å². The maximum absolute atomic E-state index is 12.9. The van der Waals surface area contributed by atoms with Crippen molar-refractivity contribution in [1.82, 2.24) is 0 Å². The van der Waals surface area contributed by atoms with Crippen LogP contribution in [0.1, 0.15) is 31.4 Å². The molecule has 2 aromatic carbocycles. The SMILES string of the molecule is CCOc1ccc(OCC)c(NC(=O)C2CCN(c3ccc(C)c(C)c3)C2=O)c1. The first-order valence-corrected chi connectivity index (χ1v) is 10.0. The second-order valence-corrected chi connectivity index (χ2v) is 7.11. The molecule has 1 aliphatic heterocycles. The Morgan fingerprint density at radius 3 is 2.52 bits per heavy atom. The summed E-state index contributed by atoms with van der Waals surface area (Å²) in [6.45, 7) is 9.35. The van der Waals surface area contributed by atoms with E-state index in [9.17, 15) is 9.59 Å². The molecule has 29 heavy (non-hydrogen) atoms. The molecule has 0 aliphatic carbocycles. The fraction of sp³-hybridized carbons (Fsp3) is 0.391. The van der Waals surface area contributed by atoms with E-state index in [0.29, 0.717) is 43.4 Å². The van der Waals surface area contributed by atoms with Gasteiger partial charge in [-0.2, -0.15) is 0 Å². The molecule has 1 saturated heterocycles. The number of hydrogen-bond acceptors (Lipinski definition) is 4. The summed E-state index contributed by atoms with van der Waals surface area (Å²) in [5, 5.41) is 2.87. The van der Waals surface area contributed by atoms with Gasteiger partial charge in [0.25, 0.3) is 0 Å². The monoisotopic (exact) mass is 396 g/mol. The minimum atomic E-state index is -0.721. The molecule has 1 N–H and O–H groups in total. The first-order chi connectivity index (χ1) is 13.9.